The molecule has 0 spiro atoms. The van der Waals surface area contributed by atoms with Crippen molar-refractivity contribution in [1.29, 1.82) is 0 Å². The summed E-state index contributed by atoms with van der Waals surface area (Å²) in [4.78, 5) is 14.4. The highest BCUT2D eigenvalue weighted by Gasteiger charge is 2.47. The molecule has 10 heteroatoms. The third-order valence-corrected chi connectivity index (χ3v) is 6.01. The number of anilines is 1. The lowest BCUT2D eigenvalue weighted by atomic mass is 9.93. The molecule has 2 aromatic rings. The Bertz CT molecular complexity index is 920. The van der Waals surface area contributed by atoms with E-state index in [9.17, 15) is 18.0 Å². The van der Waals surface area contributed by atoms with Crippen molar-refractivity contribution in [1.82, 2.24) is 19.8 Å². The Morgan fingerprint density at radius 3 is 2.73 bits per heavy atom. The van der Waals surface area contributed by atoms with Gasteiger partial charge in [0.25, 0.3) is 5.91 Å². The molecule has 1 N–H and O–H groups in total. The first kappa shape index (κ1) is 20.7. The number of carbonyl (C=O) groups excluding carboxylic acids is 1. The molecule has 2 aliphatic rings. The molecular formula is C20H26F3N5O2. The summed E-state index contributed by atoms with van der Waals surface area (Å²) in [5.74, 6) is 0.256. The molecule has 0 saturated carbocycles. The summed E-state index contributed by atoms with van der Waals surface area (Å²) in [5.41, 5.74) is 1.21. The number of likely N-dealkylation sites (tertiary alicyclic amines) is 1. The number of carbonyl (C=O) groups is 1. The molecule has 2 aliphatic heterocycles. The number of aromatic nitrogens is 3. The van der Waals surface area contributed by atoms with Crippen molar-refractivity contribution in [3.05, 3.63) is 29.3 Å². The standard InChI is InChI=1S/C20H26F3N5O2/c1-11(2)14-8-17(20(21,22)23)28-18(24-14)9-15(25-28)13-5-4-6-27(10-13)19(29)16-7-12(3)26-30-16/h7,9,11,13-14,17,24H,4-6,8,10H2,1-3H3/t13-,14-,17+/m0/s1. The van der Waals surface area contributed by atoms with Gasteiger partial charge in [0, 0.05) is 37.2 Å². The van der Waals surface area contributed by atoms with Crippen LogP contribution >= 0.6 is 0 Å². The highest BCUT2D eigenvalue weighted by atomic mass is 19.4. The Labute approximate surface area is 172 Å². The predicted octanol–water partition coefficient (Wildman–Crippen LogP) is 4.14. The summed E-state index contributed by atoms with van der Waals surface area (Å²) in [6.45, 7) is 6.52. The minimum absolute atomic E-state index is 0.0462. The zero-order chi connectivity index (χ0) is 21.6. The van der Waals surface area contributed by atoms with Crippen LogP contribution in [-0.4, -0.2) is 51.1 Å². The van der Waals surface area contributed by atoms with Crippen molar-refractivity contribution in [3.63, 3.8) is 0 Å². The second-order valence-corrected chi connectivity index (χ2v) is 8.61. The Kier molecular flexibility index (Phi) is 5.27. The largest absolute Gasteiger partial charge is 0.410 e. The van der Waals surface area contributed by atoms with E-state index in [1.54, 1.807) is 24.0 Å². The van der Waals surface area contributed by atoms with E-state index in [2.05, 4.69) is 15.6 Å². The van der Waals surface area contributed by atoms with Crippen LogP contribution in [0.25, 0.3) is 0 Å². The van der Waals surface area contributed by atoms with Crippen molar-refractivity contribution >= 4 is 11.7 Å². The van der Waals surface area contributed by atoms with Crippen LogP contribution in [0, 0.1) is 12.8 Å². The zero-order valence-corrected chi connectivity index (χ0v) is 17.2. The van der Waals surface area contributed by atoms with Gasteiger partial charge < -0.3 is 14.7 Å². The van der Waals surface area contributed by atoms with Crippen LogP contribution < -0.4 is 5.32 Å². The van der Waals surface area contributed by atoms with Gasteiger partial charge in [-0.05, 0) is 32.1 Å². The molecule has 30 heavy (non-hydrogen) atoms. The van der Waals surface area contributed by atoms with Crippen molar-refractivity contribution in [3.8, 4) is 0 Å². The number of fused-ring (bicyclic) bond motifs is 1. The molecule has 1 amide bonds. The minimum Gasteiger partial charge on any atom is -0.367 e. The zero-order valence-electron chi connectivity index (χ0n) is 17.2. The monoisotopic (exact) mass is 425 g/mol. The van der Waals surface area contributed by atoms with Crippen molar-refractivity contribution < 1.29 is 22.5 Å². The number of halogens is 3. The van der Waals surface area contributed by atoms with Crippen molar-refractivity contribution in [2.24, 2.45) is 5.92 Å². The van der Waals surface area contributed by atoms with Crippen LogP contribution in [0.15, 0.2) is 16.7 Å². The fraction of sp³-hybridized carbons (Fsp3) is 0.650. The average Bonchev–Trinajstić information content (AvgIpc) is 3.32. The van der Waals surface area contributed by atoms with Crippen LogP contribution in [0.5, 0.6) is 0 Å². The van der Waals surface area contributed by atoms with Gasteiger partial charge in [0.05, 0.1) is 11.4 Å². The van der Waals surface area contributed by atoms with Gasteiger partial charge in [-0.15, -0.1) is 0 Å². The van der Waals surface area contributed by atoms with Gasteiger partial charge >= 0.3 is 6.18 Å². The molecule has 164 valence electrons. The van der Waals surface area contributed by atoms with Gasteiger partial charge in [-0.2, -0.15) is 18.3 Å². The lowest BCUT2D eigenvalue weighted by molar-refractivity contribution is -0.174. The maximum atomic E-state index is 13.7. The second kappa shape index (κ2) is 7.63. The number of nitrogens with zero attached hydrogens (tertiary/aromatic N) is 4. The number of rotatable bonds is 3. The third-order valence-electron chi connectivity index (χ3n) is 6.01. The molecule has 4 rings (SSSR count). The Balaban J connectivity index is 1.57. The first-order valence-corrected chi connectivity index (χ1v) is 10.3. The topological polar surface area (TPSA) is 76.2 Å². The van der Waals surface area contributed by atoms with Crippen LogP contribution in [0.4, 0.5) is 19.0 Å². The van der Waals surface area contributed by atoms with Gasteiger partial charge in [-0.3, -0.25) is 4.79 Å². The Morgan fingerprint density at radius 2 is 2.10 bits per heavy atom. The molecule has 0 radical (unpaired) electrons. The smallest absolute Gasteiger partial charge is 0.367 e. The highest BCUT2D eigenvalue weighted by Crippen LogP contribution is 2.42. The molecular weight excluding hydrogens is 399 g/mol. The number of amides is 1. The van der Waals surface area contributed by atoms with Crippen LogP contribution in [-0.2, 0) is 0 Å². The summed E-state index contributed by atoms with van der Waals surface area (Å²) in [6, 6.07) is 1.39. The quantitative estimate of drug-likeness (QED) is 0.800. The van der Waals surface area contributed by atoms with E-state index in [4.69, 9.17) is 4.52 Å². The molecule has 0 unspecified atom stereocenters. The van der Waals surface area contributed by atoms with E-state index in [1.165, 1.54) is 0 Å². The summed E-state index contributed by atoms with van der Waals surface area (Å²) in [7, 11) is 0. The summed E-state index contributed by atoms with van der Waals surface area (Å²) in [6.07, 6.45) is -2.90. The summed E-state index contributed by atoms with van der Waals surface area (Å²) in [5, 5.41) is 11.3. The first-order valence-electron chi connectivity index (χ1n) is 10.3. The van der Waals surface area contributed by atoms with Crippen LogP contribution in [0.3, 0.4) is 0 Å². The normalized spacial score (nSPS) is 24.6. The molecule has 3 atom stereocenters. The van der Waals surface area contributed by atoms with Gasteiger partial charge in [-0.25, -0.2) is 4.68 Å². The molecule has 0 aliphatic carbocycles. The highest BCUT2D eigenvalue weighted by molar-refractivity contribution is 5.91. The number of hydrogen-bond acceptors (Lipinski definition) is 5. The van der Waals surface area contributed by atoms with Gasteiger partial charge in [0.15, 0.2) is 6.04 Å². The minimum atomic E-state index is -4.37. The lowest BCUT2D eigenvalue weighted by Crippen LogP contribution is -2.41. The number of aryl methyl sites for hydroxylation is 1. The first-order chi connectivity index (χ1) is 14.1. The van der Waals surface area contributed by atoms with Gasteiger partial charge in [0.2, 0.25) is 5.76 Å². The fourth-order valence-corrected chi connectivity index (χ4v) is 4.28. The number of piperidine rings is 1. The molecule has 0 aromatic carbocycles. The molecule has 2 aromatic heterocycles. The molecule has 1 saturated heterocycles. The molecule has 4 heterocycles. The lowest BCUT2D eigenvalue weighted by Gasteiger charge is -2.35. The van der Waals surface area contributed by atoms with E-state index >= 15 is 0 Å². The van der Waals surface area contributed by atoms with Gasteiger partial charge in [0.1, 0.15) is 5.82 Å². The predicted molar refractivity (Wildman–Crippen MR) is 103 cm³/mol. The van der Waals surface area contributed by atoms with E-state index in [0.717, 1.165) is 17.5 Å². The molecule has 0 bridgehead atoms. The Hall–Kier alpha value is -2.52. The van der Waals surface area contributed by atoms with E-state index < -0.39 is 12.2 Å². The summed E-state index contributed by atoms with van der Waals surface area (Å²) < 4.78 is 47.3. The second-order valence-electron chi connectivity index (χ2n) is 8.61. The third kappa shape index (κ3) is 3.91. The van der Waals surface area contributed by atoms with Crippen molar-refractivity contribution in [2.45, 2.75) is 64.2 Å². The van der Waals surface area contributed by atoms with Crippen molar-refractivity contribution in [2.75, 3.05) is 18.4 Å². The van der Waals surface area contributed by atoms with Crippen LogP contribution in [0.1, 0.15) is 67.0 Å². The summed E-state index contributed by atoms with van der Waals surface area (Å²) >= 11 is 0. The SMILES string of the molecule is Cc1cc(C(=O)N2CCC[C@H](c3cc4n(n3)[C@@H](C(F)(F)F)C[C@@H](C(C)C)N4)C2)on1. The maximum absolute atomic E-state index is 13.7. The van der Waals surface area contributed by atoms with Gasteiger partial charge in [-0.1, -0.05) is 19.0 Å². The number of nitrogens with one attached hydrogen (secondary N) is 1. The Morgan fingerprint density at radius 1 is 1.33 bits per heavy atom. The fourth-order valence-electron chi connectivity index (χ4n) is 4.28. The van der Waals surface area contributed by atoms with E-state index in [1.807, 2.05) is 13.8 Å². The maximum Gasteiger partial charge on any atom is 0.410 e. The number of hydrogen-bond donors (Lipinski definition) is 1. The molecule has 1 fully saturated rings. The average molecular weight is 425 g/mol. The number of alkyl halides is 3. The van der Waals surface area contributed by atoms with Crippen LogP contribution in [0.2, 0.25) is 0 Å². The van der Waals surface area contributed by atoms with E-state index in [0.29, 0.717) is 30.3 Å². The van der Waals surface area contributed by atoms with E-state index in [-0.39, 0.29) is 36.0 Å². The molecule has 7 nitrogen and oxygen atoms in total.